The lowest BCUT2D eigenvalue weighted by Gasteiger charge is -2.30. The molecule has 6 nitrogen and oxygen atoms in total. The van der Waals surface area contributed by atoms with Gasteiger partial charge in [0.15, 0.2) is 0 Å². The van der Waals surface area contributed by atoms with Crippen molar-refractivity contribution in [3.05, 3.63) is 24.3 Å². The molecule has 6 heteroatoms. The van der Waals surface area contributed by atoms with Crippen LogP contribution < -0.4 is 0 Å². The Bertz CT molecular complexity index is 650. The van der Waals surface area contributed by atoms with E-state index in [-0.39, 0.29) is 41.0 Å². The molecule has 1 saturated heterocycles. The molecule has 3 fully saturated rings. The van der Waals surface area contributed by atoms with Crippen molar-refractivity contribution < 1.29 is 29.0 Å². The Morgan fingerprint density at radius 2 is 1.92 bits per heavy atom. The largest absolute Gasteiger partial charge is 0.461 e. The number of ketones is 1. The van der Waals surface area contributed by atoms with E-state index in [1.165, 1.54) is 0 Å². The molecule has 0 bridgehead atoms. The smallest absolute Gasteiger partial charge is 0.336 e. The topological polar surface area (TPSA) is 89.9 Å². The third-order valence-corrected chi connectivity index (χ3v) is 6.09. The van der Waals surface area contributed by atoms with E-state index < -0.39 is 30.7 Å². The summed E-state index contributed by atoms with van der Waals surface area (Å²) in [5, 5.41) is 9.08. The molecule has 0 radical (unpaired) electrons. The second kappa shape index (κ2) is 6.41. The van der Waals surface area contributed by atoms with Crippen LogP contribution in [-0.4, -0.2) is 41.6 Å². The van der Waals surface area contributed by atoms with Crippen molar-refractivity contribution in [3.8, 4) is 0 Å². The van der Waals surface area contributed by atoms with Gasteiger partial charge in [0.1, 0.15) is 18.0 Å². The molecule has 0 aromatic heterocycles. The zero-order chi connectivity index (χ0) is 18.5. The first-order chi connectivity index (χ1) is 11.8. The number of aliphatic hydroxyl groups excluding tert-OH is 1. The van der Waals surface area contributed by atoms with Gasteiger partial charge in [0.25, 0.3) is 0 Å². The maximum Gasteiger partial charge on any atom is 0.336 e. The maximum absolute atomic E-state index is 12.2. The first-order valence-electron chi connectivity index (χ1n) is 8.66. The van der Waals surface area contributed by atoms with E-state index in [0.717, 1.165) is 5.57 Å². The molecule has 1 N–H and O–H groups in total. The van der Waals surface area contributed by atoms with E-state index >= 15 is 0 Å². The Morgan fingerprint density at radius 3 is 2.56 bits per heavy atom. The average Bonchev–Trinajstić information content (AvgIpc) is 2.99. The van der Waals surface area contributed by atoms with Crippen molar-refractivity contribution in [2.24, 2.45) is 29.6 Å². The van der Waals surface area contributed by atoms with E-state index in [1.807, 2.05) is 6.92 Å². The van der Waals surface area contributed by atoms with E-state index in [0.29, 0.717) is 12.8 Å². The second-order valence-corrected chi connectivity index (χ2v) is 7.48. The first kappa shape index (κ1) is 17.9. The van der Waals surface area contributed by atoms with Crippen LogP contribution in [0.2, 0.25) is 0 Å². The van der Waals surface area contributed by atoms with Gasteiger partial charge in [-0.05, 0) is 5.92 Å². The summed E-state index contributed by atoms with van der Waals surface area (Å²) in [7, 11) is 0. The molecule has 25 heavy (non-hydrogen) atoms. The summed E-state index contributed by atoms with van der Waals surface area (Å²) in [6, 6.07) is 0. The van der Waals surface area contributed by atoms with E-state index in [1.54, 1.807) is 6.92 Å². The van der Waals surface area contributed by atoms with Gasteiger partial charge in [-0.3, -0.25) is 9.59 Å². The van der Waals surface area contributed by atoms with Crippen LogP contribution in [0.4, 0.5) is 0 Å². The Balaban J connectivity index is 1.95. The molecule has 0 spiro atoms. The Morgan fingerprint density at radius 1 is 1.24 bits per heavy atom. The number of ether oxygens (including phenoxy) is 2. The predicted octanol–water partition coefficient (Wildman–Crippen LogP) is 1.43. The van der Waals surface area contributed by atoms with Crippen LogP contribution in [0.15, 0.2) is 24.3 Å². The summed E-state index contributed by atoms with van der Waals surface area (Å²) >= 11 is 0. The fourth-order valence-corrected chi connectivity index (χ4v) is 4.61. The molecule has 2 unspecified atom stereocenters. The summed E-state index contributed by atoms with van der Waals surface area (Å²) in [6.45, 7) is 10.8. The van der Waals surface area contributed by atoms with Gasteiger partial charge >= 0.3 is 11.9 Å². The number of hydrogen-bond acceptors (Lipinski definition) is 6. The van der Waals surface area contributed by atoms with Crippen LogP contribution in [0.5, 0.6) is 0 Å². The summed E-state index contributed by atoms with van der Waals surface area (Å²) in [4.78, 5) is 36.5. The van der Waals surface area contributed by atoms with Crippen molar-refractivity contribution in [2.75, 3.05) is 6.61 Å². The number of aliphatic hydroxyl groups is 1. The number of rotatable bonds is 3. The van der Waals surface area contributed by atoms with Crippen LogP contribution in [0, 0.1) is 29.6 Å². The van der Waals surface area contributed by atoms with E-state index in [9.17, 15) is 14.4 Å². The zero-order valence-corrected chi connectivity index (χ0v) is 14.6. The van der Waals surface area contributed by atoms with Crippen LogP contribution in [-0.2, 0) is 23.9 Å². The molecule has 3 aliphatic rings. The van der Waals surface area contributed by atoms with Gasteiger partial charge in [-0.1, -0.05) is 32.6 Å². The highest BCUT2D eigenvalue weighted by atomic mass is 16.6. The molecular formula is C19H24O6. The third-order valence-electron chi connectivity index (χ3n) is 6.09. The van der Waals surface area contributed by atoms with Gasteiger partial charge in [-0.15, -0.1) is 0 Å². The van der Waals surface area contributed by atoms with Crippen molar-refractivity contribution in [2.45, 2.75) is 38.9 Å². The molecule has 1 heterocycles. The van der Waals surface area contributed by atoms with Crippen LogP contribution >= 0.6 is 0 Å². The highest BCUT2D eigenvalue weighted by Gasteiger charge is 2.58. The van der Waals surface area contributed by atoms with Crippen LogP contribution in [0.3, 0.4) is 0 Å². The number of Topliss-reactive ketones (excluding diaryl/α,β-unsaturated/α-hetero) is 1. The van der Waals surface area contributed by atoms with Gasteiger partial charge in [0.2, 0.25) is 0 Å². The monoisotopic (exact) mass is 348 g/mol. The molecule has 0 amide bonds. The lowest BCUT2D eigenvalue weighted by Crippen LogP contribution is -2.39. The molecule has 2 saturated carbocycles. The normalized spacial score (nSPS) is 40.1. The quantitative estimate of drug-likeness (QED) is 0.471. The maximum atomic E-state index is 12.2. The summed E-state index contributed by atoms with van der Waals surface area (Å²) in [6.07, 6.45) is -0.270. The average molecular weight is 348 g/mol. The lowest BCUT2D eigenvalue weighted by atomic mass is 9.77. The van der Waals surface area contributed by atoms with Gasteiger partial charge in [-0.2, -0.15) is 0 Å². The molecule has 3 rings (SSSR count). The predicted molar refractivity (Wildman–Crippen MR) is 88.2 cm³/mol. The number of hydrogen-bond donors (Lipinski definition) is 1. The molecule has 1 aliphatic heterocycles. The molecule has 136 valence electrons. The lowest BCUT2D eigenvalue weighted by molar-refractivity contribution is -0.150. The molecule has 0 aromatic rings. The second-order valence-electron chi connectivity index (χ2n) is 7.48. The highest BCUT2D eigenvalue weighted by molar-refractivity contribution is 5.88. The number of fused-ring (bicyclic) bond motifs is 3. The summed E-state index contributed by atoms with van der Waals surface area (Å²) < 4.78 is 11.2. The first-order valence-corrected chi connectivity index (χ1v) is 8.66. The molecule has 7 atom stereocenters. The summed E-state index contributed by atoms with van der Waals surface area (Å²) in [5.74, 6) is -2.00. The van der Waals surface area contributed by atoms with Crippen molar-refractivity contribution in [3.63, 3.8) is 0 Å². The third kappa shape index (κ3) is 2.82. The minimum atomic E-state index is -0.679. The van der Waals surface area contributed by atoms with Gasteiger partial charge < -0.3 is 14.6 Å². The minimum Gasteiger partial charge on any atom is -0.461 e. The van der Waals surface area contributed by atoms with Crippen molar-refractivity contribution >= 4 is 17.7 Å². The van der Waals surface area contributed by atoms with Crippen LogP contribution in [0.25, 0.3) is 0 Å². The zero-order valence-electron chi connectivity index (χ0n) is 14.6. The standard InChI is InChI=1S/C19H24O6/c1-8-5-14(24-18(22)9(2)7-20)16-11(4)19(23)25-17(16)15-10(3)13(21)6-12(8)15/h10-12,14-17,20H,1-2,5-7H2,3-4H3/t10?,11?,12-,14-,15-,16+,17+/m0/s1. The highest BCUT2D eigenvalue weighted by Crippen LogP contribution is 2.52. The Hall–Kier alpha value is -1.95. The van der Waals surface area contributed by atoms with Crippen LogP contribution in [0.1, 0.15) is 26.7 Å². The molecule has 2 aliphatic carbocycles. The number of carbonyl (C=O) groups is 3. The van der Waals surface area contributed by atoms with Gasteiger partial charge in [0, 0.05) is 30.6 Å². The van der Waals surface area contributed by atoms with E-state index in [4.69, 9.17) is 14.6 Å². The number of carbonyl (C=O) groups excluding carboxylic acids is 3. The fourth-order valence-electron chi connectivity index (χ4n) is 4.61. The van der Waals surface area contributed by atoms with Crippen molar-refractivity contribution in [1.82, 2.24) is 0 Å². The fraction of sp³-hybridized carbons (Fsp3) is 0.632. The summed E-state index contributed by atoms with van der Waals surface area (Å²) in [5.41, 5.74) is 0.820. The van der Waals surface area contributed by atoms with Crippen molar-refractivity contribution in [1.29, 1.82) is 0 Å². The number of esters is 2. The molecule has 0 aromatic carbocycles. The SMILES string of the molecule is C=C(CO)C(=O)O[C@H]1CC(=C)[C@@H]2CC(=O)C(C)[C@@H]2[C@H]2OC(=O)C(C)[C@@H]21. The Kier molecular flexibility index (Phi) is 4.58. The minimum absolute atomic E-state index is 0.0342. The Labute approximate surface area is 146 Å². The molecular weight excluding hydrogens is 324 g/mol. The van der Waals surface area contributed by atoms with Gasteiger partial charge in [0.05, 0.1) is 18.1 Å². The van der Waals surface area contributed by atoms with E-state index in [2.05, 4.69) is 13.2 Å². The van der Waals surface area contributed by atoms with Gasteiger partial charge in [-0.25, -0.2) is 4.79 Å².